The highest BCUT2D eigenvalue weighted by Crippen LogP contribution is 2.20. The Labute approximate surface area is 68.7 Å². The molecule has 0 rings (SSSR count). The Kier molecular flexibility index (Phi) is 4.89. The molecule has 0 unspecified atom stereocenters. The summed E-state index contributed by atoms with van der Waals surface area (Å²) in [5, 5.41) is 0. The van der Waals surface area contributed by atoms with E-state index in [4.69, 9.17) is 0 Å². The van der Waals surface area contributed by atoms with Gasteiger partial charge >= 0.3 is 6.18 Å². The quantitative estimate of drug-likeness (QED) is 0.610. The molecule has 0 aromatic rings. The molecule has 0 saturated heterocycles. The second kappa shape index (κ2) is 5.13. The standard InChI is InChI=1S/C7H11F3O2/c1-6(11)5-12-4-2-3-7(8,9)10/h2-5H2,1H3. The minimum Gasteiger partial charge on any atom is -0.374 e. The number of hydrogen-bond acceptors (Lipinski definition) is 2. The van der Waals surface area contributed by atoms with Crippen LogP contribution in [0.15, 0.2) is 0 Å². The van der Waals surface area contributed by atoms with Crippen molar-refractivity contribution in [3.05, 3.63) is 0 Å². The molecule has 72 valence electrons. The number of Topliss-reactive ketones (excluding diaryl/α,β-unsaturated/α-hetero) is 1. The summed E-state index contributed by atoms with van der Waals surface area (Å²) >= 11 is 0. The van der Waals surface area contributed by atoms with Crippen molar-refractivity contribution >= 4 is 5.78 Å². The summed E-state index contributed by atoms with van der Waals surface area (Å²) in [5.41, 5.74) is 0. The van der Waals surface area contributed by atoms with Gasteiger partial charge in [-0.2, -0.15) is 13.2 Å². The van der Waals surface area contributed by atoms with Gasteiger partial charge in [-0.1, -0.05) is 0 Å². The zero-order valence-corrected chi connectivity index (χ0v) is 6.78. The summed E-state index contributed by atoms with van der Waals surface area (Å²) in [6.07, 6.45) is -5.07. The SMILES string of the molecule is CC(=O)COCCCC(F)(F)F. The smallest absolute Gasteiger partial charge is 0.374 e. The predicted octanol–water partition coefficient (Wildman–Crippen LogP) is 1.93. The zero-order valence-electron chi connectivity index (χ0n) is 6.78. The molecule has 0 aliphatic carbocycles. The van der Waals surface area contributed by atoms with Crippen LogP contribution in [0.25, 0.3) is 0 Å². The normalized spacial score (nSPS) is 11.7. The molecule has 0 saturated carbocycles. The Morgan fingerprint density at radius 2 is 2.00 bits per heavy atom. The summed E-state index contributed by atoms with van der Waals surface area (Å²) in [6, 6.07) is 0. The second-order valence-corrected chi connectivity index (χ2v) is 2.47. The van der Waals surface area contributed by atoms with Crippen molar-refractivity contribution in [2.24, 2.45) is 0 Å². The highest BCUT2D eigenvalue weighted by atomic mass is 19.4. The third kappa shape index (κ3) is 9.42. The van der Waals surface area contributed by atoms with E-state index in [0.717, 1.165) is 0 Å². The molecule has 0 fully saturated rings. The predicted molar refractivity (Wildman–Crippen MR) is 36.8 cm³/mol. The third-order valence-electron chi connectivity index (χ3n) is 1.05. The van der Waals surface area contributed by atoms with Gasteiger partial charge in [-0.25, -0.2) is 0 Å². The van der Waals surface area contributed by atoms with Gasteiger partial charge in [0.25, 0.3) is 0 Å². The van der Waals surface area contributed by atoms with E-state index in [-0.39, 0.29) is 25.4 Å². The first-order valence-corrected chi connectivity index (χ1v) is 3.56. The highest BCUT2D eigenvalue weighted by molar-refractivity contribution is 5.76. The van der Waals surface area contributed by atoms with Crippen LogP contribution in [0.2, 0.25) is 0 Å². The lowest BCUT2D eigenvalue weighted by Gasteiger charge is -2.05. The molecule has 0 aliphatic rings. The molecule has 0 spiro atoms. The van der Waals surface area contributed by atoms with E-state index < -0.39 is 12.6 Å². The van der Waals surface area contributed by atoms with Gasteiger partial charge in [0, 0.05) is 13.0 Å². The molecule has 0 heterocycles. The maximum atomic E-state index is 11.5. The molecule has 0 amide bonds. The van der Waals surface area contributed by atoms with Crippen molar-refractivity contribution in [1.29, 1.82) is 0 Å². The lowest BCUT2D eigenvalue weighted by Crippen LogP contribution is -2.10. The van der Waals surface area contributed by atoms with E-state index in [1.807, 2.05) is 0 Å². The molecule has 12 heavy (non-hydrogen) atoms. The Hall–Kier alpha value is -0.580. The number of carbonyl (C=O) groups excluding carboxylic acids is 1. The van der Waals surface area contributed by atoms with Crippen LogP contribution in [-0.2, 0) is 9.53 Å². The molecule has 0 aromatic heterocycles. The molecule has 2 nitrogen and oxygen atoms in total. The van der Waals surface area contributed by atoms with Crippen LogP contribution >= 0.6 is 0 Å². The molecule has 0 aliphatic heterocycles. The molecule has 0 aromatic carbocycles. The van der Waals surface area contributed by atoms with Gasteiger partial charge < -0.3 is 4.74 Å². The number of halogens is 3. The minimum absolute atomic E-state index is 0.0148. The van der Waals surface area contributed by atoms with E-state index in [0.29, 0.717) is 0 Å². The Morgan fingerprint density at radius 1 is 1.42 bits per heavy atom. The minimum atomic E-state index is -4.13. The van der Waals surface area contributed by atoms with Crippen LogP contribution in [0, 0.1) is 0 Å². The Morgan fingerprint density at radius 3 is 2.42 bits per heavy atom. The average Bonchev–Trinajstić information content (AvgIpc) is 1.83. The Balaban J connectivity index is 3.17. The fourth-order valence-corrected chi connectivity index (χ4v) is 0.591. The highest BCUT2D eigenvalue weighted by Gasteiger charge is 2.25. The molecule has 5 heteroatoms. The van der Waals surface area contributed by atoms with Gasteiger partial charge in [-0.3, -0.25) is 4.79 Å². The van der Waals surface area contributed by atoms with Gasteiger partial charge in [0.15, 0.2) is 5.78 Å². The van der Waals surface area contributed by atoms with E-state index in [1.165, 1.54) is 6.92 Å². The first-order chi connectivity index (χ1) is 5.42. The van der Waals surface area contributed by atoms with E-state index >= 15 is 0 Å². The van der Waals surface area contributed by atoms with Crippen LogP contribution in [0.1, 0.15) is 19.8 Å². The summed E-state index contributed by atoms with van der Waals surface area (Å²) in [5.74, 6) is -0.179. The molecule has 0 N–H and O–H groups in total. The summed E-state index contributed by atoms with van der Waals surface area (Å²) < 4.78 is 39.2. The van der Waals surface area contributed by atoms with Gasteiger partial charge in [0.05, 0.1) is 0 Å². The van der Waals surface area contributed by atoms with Crippen molar-refractivity contribution in [2.75, 3.05) is 13.2 Å². The monoisotopic (exact) mass is 184 g/mol. The number of hydrogen-bond donors (Lipinski definition) is 0. The maximum Gasteiger partial charge on any atom is 0.389 e. The van der Waals surface area contributed by atoms with E-state index in [2.05, 4.69) is 4.74 Å². The number of ether oxygens (including phenoxy) is 1. The molecular formula is C7H11F3O2. The van der Waals surface area contributed by atoms with Gasteiger partial charge in [0.1, 0.15) is 6.61 Å². The fourth-order valence-electron chi connectivity index (χ4n) is 0.591. The second-order valence-electron chi connectivity index (χ2n) is 2.47. The lowest BCUT2D eigenvalue weighted by atomic mass is 10.3. The van der Waals surface area contributed by atoms with Crippen molar-refractivity contribution in [3.63, 3.8) is 0 Å². The first kappa shape index (κ1) is 11.4. The van der Waals surface area contributed by atoms with Crippen LogP contribution in [0.3, 0.4) is 0 Å². The summed E-state index contributed by atoms with van der Waals surface area (Å²) in [7, 11) is 0. The van der Waals surface area contributed by atoms with Crippen LogP contribution < -0.4 is 0 Å². The van der Waals surface area contributed by atoms with Crippen LogP contribution in [-0.4, -0.2) is 25.2 Å². The summed E-state index contributed by atoms with van der Waals surface area (Å²) in [4.78, 5) is 10.3. The Bertz CT molecular complexity index is 142. The average molecular weight is 184 g/mol. The van der Waals surface area contributed by atoms with Crippen LogP contribution in [0.4, 0.5) is 13.2 Å². The molecule has 0 atom stereocenters. The summed E-state index contributed by atoms with van der Waals surface area (Å²) in [6.45, 7) is 1.21. The maximum absolute atomic E-state index is 11.5. The van der Waals surface area contributed by atoms with E-state index in [1.54, 1.807) is 0 Å². The topological polar surface area (TPSA) is 26.3 Å². The van der Waals surface area contributed by atoms with Crippen molar-refractivity contribution in [3.8, 4) is 0 Å². The first-order valence-electron chi connectivity index (χ1n) is 3.56. The lowest BCUT2D eigenvalue weighted by molar-refractivity contribution is -0.138. The molecular weight excluding hydrogens is 173 g/mol. The largest absolute Gasteiger partial charge is 0.389 e. The molecule has 0 bridgehead atoms. The number of carbonyl (C=O) groups is 1. The molecule has 0 radical (unpaired) electrons. The van der Waals surface area contributed by atoms with E-state index in [9.17, 15) is 18.0 Å². The van der Waals surface area contributed by atoms with Gasteiger partial charge in [0.2, 0.25) is 0 Å². The van der Waals surface area contributed by atoms with Gasteiger partial charge in [-0.05, 0) is 13.3 Å². The third-order valence-corrected chi connectivity index (χ3v) is 1.05. The van der Waals surface area contributed by atoms with Crippen molar-refractivity contribution in [2.45, 2.75) is 25.9 Å². The zero-order chi connectivity index (χ0) is 9.61. The van der Waals surface area contributed by atoms with Crippen molar-refractivity contribution in [1.82, 2.24) is 0 Å². The fraction of sp³-hybridized carbons (Fsp3) is 0.857. The number of ketones is 1. The number of alkyl halides is 3. The van der Waals surface area contributed by atoms with Gasteiger partial charge in [-0.15, -0.1) is 0 Å². The van der Waals surface area contributed by atoms with Crippen molar-refractivity contribution < 1.29 is 22.7 Å². The number of rotatable bonds is 5. The van der Waals surface area contributed by atoms with Crippen LogP contribution in [0.5, 0.6) is 0 Å².